The number of urea groups is 1. The molecule has 126 valence electrons. The number of nitrogens with zero attached hydrogens (tertiary/aromatic N) is 3. The fraction of sp³-hybridized carbons (Fsp3) is 0.769. The van der Waals surface area contributed by atoms with Crippen molar-refractivity contribution in [1.82, 2.24) is 15.1 Å². The Morgan fingerprint density at radius 2 is 2.05 bits per heavy atom. The van der Waals surface area contributed by atoms with Crippen LogP contribution in [0.25, 0.3) is 0 Å². The number of ether oxygens (including phenoxy) is 3. The van der Waals surface area contributed by atoms with Crippen molar-refractivity contribution in [3.63, 3.8) is 0 Å². The van der Waals surface area contributed by atoms with E-state index < -0.39 is 6.29 Å². The van der Waals surface area contributed by atoms with E-state index in [0.717, 1.165) is 11.4 Å². The fourth-order valence-electron chi connectivity index (χ4n) is 1.55. The van der Waals surface area contributed by atoms with Crippen molar-refractivity contribution in [3.05, 3.63) is 5.01 Å². The van der Waals surface area contributed by atoms with Crippen LogP contribution in [0, 0.1) is 0 Å². The molecule has 1 atom stereocenters. The van der Waals surface area contributed by atoms with Gasteiger partial charge in [-0.3, -0.25) is 5.32 Å². The van der Waals surface area contributed by atoms with E-state index in [9.17, 15) is 4.79 Å². The Morgan fingerprint density at radius 1 is 1.36 bits per heavy atom. The smallest absolute Gasteiger partial charge is 0.323 e. The summed E-state index contributed by atoms with van der Waals surface area (Å²) in [5.41, 5.74) is 0. The highest BCUT2D eigenvalue weighted by Crippen LogP contribution is 2.24. The van der Waals surface area contributed by atoms with Gasteiger partial charge in [-0.2, -0.15) is 0 Å². The van der Waals surface area contributed by atoms with Gasteiger partial charge >= 0.3 is 6.03 Å². The predicted octanol–water partition coefficient (Wildman–Crippen LogP) is 2.11. The molecule has 0 radical (unpaired) electrons. The minimum Gasteiger partial charge on any atom is -0.371 e. The summed E-state index contributed by atoms with van der Waals surface area (Å²) in [5.74, 6) is 0. The Balaban J connectivity index is 2.52. The average molecular weight is 332 g/mol. The van der Waals surface area contributed by atoms with Gasteiger partial charge in [0.1, 0.15) is 11.1 Å². The highest BCUT2D eigenvalue weighted by atomic mass is 32.1. The second-order valence-corrected chi connectivity index (χ2v) is 5.68. The standard InChI is InChI=1S/C13H24N4O4S/c1-6-7-21-9(2)11-15-16-12(22-11)14-13(18)17(3)8-10(19-4)20-5/h9-10H,6-8H2,1-5H3,(H,14,16,18). The second-order valence-electron chi connectivity index (χ2n) is 4.67. The number of rotatable bonds is 9. The molecular formula is C13H24N4O4S. The summed E-state index contributed by atoms with van der Waals surface area (Å²) in [6.07, 6.45) is 0.341. The molecule has 1 rings (SSSR count). The van der Waals surface area contributed by atoms with Crippen LogP contribution in [0.2, 0.25) is 0 Å². The van der Waals surface area contributed by atoms with Gasteiger partial charge in [-0.15, -0.1) is 10.2 Å². The van der Waals surface area contributed by atoms with Crippen LogP contribution in [-0.4, -0.2) is 61.8 Å². The van der Waals surface area contributed by atoms with E-state index in [1.165, 1.54) is 30.5 Å². The number of amides is 2. The molecule has 1 aromatic heterocycles. The lowest BCUT2D eigenvalue weighted by atomic mass is 10.4. The van der Waals surface area contributed by atoms with Gasteiger partial charge in [0.25, 0.3) is 0 Å². The lowest BCUT2D eigenvalue weighted by Gasteiger charge is -2.21. The van der Waals surface area contributed by atoms with Crippen LogP contribution in [0.1, 0.15) is 31.4 Å². The molecule has 2 amide bonds. The highest BCUT2D eigenvalue weighted by molar-refractivity contribution is 7.15. The molecule has 9 heteroatoms. The molecule has 0 aliphatic carbocycles. The van der Waals surface area contributed by atoms with E-state index in [0.29, 0.717) is 18.3 Å². The number of nitrogens with one attached hydrogen (secondary N) is 1. The van der Waals surface area contributed by atoms with Crippen LogP contribution < -0.4 is 5.32 Å². The number of methoxy groups -OCH3 is 2. The lowest BCUT2D eigenvalue weighted by Crippen LogP contribution is -2.38. The van der Waals surface area contributed by atoms with E-state index in [4.69, 9.17) is 14.2 Å². The summed E-state index contributed by atoms with van der Waals surface area (Å²) < 4.78 is 15.7. The zero-order valence-corrected chi connectivity index (χ0v) is 14.5. The van der Waals surface area contributed by atoms with E-state index in [-0.39, 0.29) is 12.1 Å². The monoisotopic (exact) mass is 332 g/mol. The quantitative estimate of drug-likeness (QED) is 0.697. The molecule has 1 unspecified atom stereocenters. The third kappa shape index (κ3) is 5.84. The maximum absolute atomic E-state index is 12.0. The van der Waals surface area contributed by atoms with Gasteiger partial charge in [0.2, 0.25) is 5.13 Å². The van der Waals surface area contributed by atoms with Gasteiger partial charge in [0.05, 0.1) is 6.54 Å². The minimum atomic E-state index is -0.469. The SMILES string of the molecule is CCCOC(C)c1nnc(NC(=O)N(C)CC(OC)OC)s1. The molecule has 0 saturated heterocycles. The first kappa shape index (κ1) is 18.8. The third-order valence-electron chi connectivity index (χ3n) is 2.87. The van der Waals surface area contributed by atoms with Gasteiger partial charge < -0.3 is 19.1 Å². The van der Waals surface area contributed by atoms with Gasteiger partial charge in [0, 0.05) is 27.9 Å². The largest absolute Gasteiger partial charge is 0.371 e. The number of hydrogen-bond acceptors (Lipinski definition) is 7. The number of carbonyl (C=O) groups excluding carboxylic acids is 1. The summed E-state index contributed by atoms with van der Waals surface area (Å²) in [7, 11) is 4.69. The van der Waals surface area contributed by atoms with Crippen molar-refractivity contribution in [1.29, 1.82) is 0 Å². The van der Waals surface area contributed by atoms with Crippen molar-refractivity contribution in [2.45, 2.75) is 32.7 Å². The molecular weight excluding hydrogens is 308 g/mol. The number of hydrogen-bond donors (Lipinski definition) is 1. The maximum Gasteiger partial charge on any atom is 0.323 e. The number of anilines is 1. The number of carbonyl (C=O) groups is 1. The van der Waals surface area contributed by atoms with E-state index in [1.807, 2.05) is 13.8 Å². The Hall–Kier alpha value is -1.29. The summed E-state index contributed by atoms with van der Waals surface area (Å²) in [6, 6.07) is -0.302. The molecule has 1 N–H and O–H groups in total. The number of aromatic nitrogens is 2. The summed E-state index contributed by atoms with van der Waals surface area (Å²) in [4.78, 5) is 13.5. The van der Waals surface area contributed by atoms with Crippen LogP contribution in [0.5, 0.6) is 0 Å². The molecule has 0 aliphatic heterocycles. The van der Waals surface area contributed by atoms with E-state index >= 15 is 0 Å². The highest BCUT2D eigenvalue weighted by Gasteiger charge is 2.18. The van der Waals surface area contributed by atoms with Crippen molar-refractivity contribution in [3.8, 4) is 0 Å². The van der Waals surface area contributed by atoms with Crippen LogP contribution in [0.4, 0.5) is 9.93 Å². The second kappa shape index (κ2) is 9.67. The molecule has 0 fully saturated rings. The fourth-order valence-corrected chi connectivity index (χ4v) is 2.29. The van der Waals surface area contributed by atoms with Gasteiger partial charge in [-0.1, -0.05) is 18.3 Å². The Morgan fingerprint density at radius 3 is 2.64 bits per heavy atom. The van der Waals surface area contributed by atoms with Gasteiger partial charge in [0.15, 0.2) is 6.29 Å². The first-order valence-corrected chi connectivity index (χ1v) is 7.86. The van der Waals surface area contributed by atoms with E-state index in [2.05, 4.69) is 15.5 Å². The van der Waals surface area contributed by atoms with Crippen LogP contribution >= 0.6 is 11.3 Å². The number of likely N-dealkylation sites (N-methyl/N-ethyl adjacent to an activating group) is 1. The Bertz CT molecular complexity index is 453. The molecule has 0 saturated carbocycles. The van der Waals surface area contributed by atoms with Gasteiger partial charge in [-0.05, 0) is 13.3 Å². The van der Waals surface area contributed by atoms with Crippen molar-refractivity contribution in [2.75, 3.05) is 39.7 Å². The molecule has 22 heavy (non-hydrogen) atoms. The zero-order valence-electron chi connectivity index (χ0n) is 13.7. The molecule has 1 heterocycles. The lowest BCUT2D eigenvalue weighted by molar-refractivity contribution is -0.108. The van der Waals surface area contributed by atoms with Gasteiger partial charge in [-0.25, -0.2) is 4.79 Å². The summed E-state index contributed by atoms with van der Waals surface area (Å²) >= 11 is 1.30. The molecule has 0 bridgehead atoms. The summed E-state index contributed by atoms with van der Waals surface area (Å²) in [5, 5.41) is 11.9. The summed E-state index contributed by atoms with van der Waals surface area (Å²) in [6.45, 7) is 4.93. The van der Waals surface area contributed by atoms with Crippen molar-refractivity contribution < 1.29 is 19.0 Å². The molecule has 0 aromatic carbocycles. The first-order valence-electron chi connectivity index (χ1n) is 7.04. The third-order valence-corrected chi connectivity index (χ3v) is 3.87. The van der Waals surface area contributed by atoms with Crippen LogP contribution in [0.3, 0.4) is 0 Å². The molecule has 0 aliphatic rings. The zero-order chi connectivity index (χ0) is 16.5. The van der Waals surface area contributed by atoms with Crippen LogP contribution in [-0.2, 0) is 14.2 Å². The first-order chi connectivity index (χ1) is 10.5. The Labute approximate surface area is 134 Å². The Kier molecular flexibility index (Phi) is 8.25. The minimum absolute atomic E-state index is 0.132. The molecule has 0 spiro atoms. The van der Waals surface area contributed by atoms with Crippen LogP contribution in [0.15, 0.2) is 0 Å². The topological polar surface area (TPSA) is 85.8 Å². The normalized spacial score (nSPS) is 12.5. The van der Waals surface area contributed by atoms with Crippen molar-refractivity contribution in [2.24, 2.45) is 0 Å². The molecule has 1 aromatic rings. The molecule has 8 nitrogen and oxygen atoms in total. The van der Waals surface area contributed by atoms with E-state index in [1.54, 1.807) is 7.05 Å². The van der Waals surface area contributed by atoms with Crippen molar-refractivity contribution >= 4 is 22.5 Å². The predicted molar refractivity (Wildman–Crippen MR) is 84.0 cm³/mol. The maximum atomic E-state index is 12.0. The average Bonchev–Trinajstić information content (AvgIpc) is 2.98.